The van der Waals surface area contributed by atoms with Gasteiger partial charge in [-0.3, -0.25) is 4.79 Å². The molecule has 2 nitrogen and oxygen atoms in total. The molecule has 21 heavy (non-hydrogen) atoms. The van der Waals surface area contributed by atoms with Crippen molar-refractivity contribution in [2.75, 3.05) is 6.54 Å². The number of benzene rings is 1. The summed E-state index contributed by atoms with van der Waals surface area (Å²) in [6.07, 6.45) is 0. The molecule has 1 heterocycles. The van der Waals surface area contributed by atoms with Crippen molar-refractivity contribution in [3.63, 3.8) is 0 Å². The second-order valence-electron chi connectivity index (χ2n) is 5.33. The molecule has 0 bridgehead atoms. The molecule has 0 aliphatic rings. The quantitative estimate of drug-likeness (QED) is 0.857. The smallest absolute Gasteiger partial charge is 0.261 e. The molecule has 0 saturated carbocycles. The minimum absolute atomic E-state index is 0.0274. The fourth-order valence-corrected chi connectivity index (χ4v) is 3.26. The lowest BCUT2D eigenvalue weighted by atomic mass is 10.2. The van der Waals surface area contributed by atoms with Gasteiger partial charge in [-0.2, -0.15) is 0 Å². The van der Waals surface area contributed by atoms with E-state index in [1.807, 2.05) is 17.5 Å². The van der Waals surface area contributed by atoms with Gasteiger partial charge in [-0.1, -0.05) is 18.2 Å². The molecule has 1 aromatic heterocycles. The Morgan fingerprint density at radius 2 is 2.00 bits per heavy atom. The molecule has 2 aromatic rings. The zero-order valence-electron chi connectivity index (χ0n) is 12.1. The molecule has 0 spiro atoms. The minimum atomic E-state index is -0.216. The Balaban J connectivity index is 1.81. The number of thioether (sulfide) groups is 1. The van der Waals surface area contributed by atoms with Crippen molar-refractivity contribution in [2.45, 2.75) is 24.3 Å². The molecule has 0 saturated heterocycles. The van der Waals surface area contributed by atoms with Crippen LogP contribution < -0.4 is 5.32 Å². The van der Waals surface area contributed by atoms with Crippen LogP contribution in [0.25, 0.3) is 0 Å². The SMILES string of the molecule is CC(C)(CNC(=O)c1cccs1)SCc1ccc(F)cc1. The largest absolute Gasteiger partial charge is 0.350 e. The maximum atomic E-state index is 12.9. The fourth-order valence-electron chi connectivity index (χ4n) is 1.70. The van der Waals surface area contributed by atoms with Crippen LogP contribution in [0.3, 0.4) is 0 Å². The summed E-state index contributed by atoms with van der Waals surface area (Å²) in [6, 6.07) is 10.2. The number of carbonyl (C=O) groups excluding carboxylic acids is 1. The van der Waals surface area contributed by atoms with Crippen LogP contribution in [0.2, 0.25) is 0 Å². The number of amides is 1. The lowest BCUT2D eigenvalue weighted by Crippen LogP contribution is -2.36. The van der Waals surface area contributed by atoms with Gasteiger partial charge in [0, 0.05) is 17.0 Å². The third-order valence-corrected chi connectivity index (χ3v) is 5.23. The van der Waals surface area contributed by atoms with Crippen LogP contribution in [-0.4, -0.2) is 17.2 Å². The number of hydrogen-bond acceptors (Lipinski definition) is 3. The van der Waals surface area contributed by atoms with Crippen molar-refractivity contribution >= 4 is 29.0 Å². The van der Waals surface area contributed by atoms with E-state index in [1.54, 1.807) is 23.9 Å². The Labute approximate surface area is 132 Å². The summed E-state index contributed by atoms with van der Waals surface area (Å²) in [5.41, 5.74) is 1.08. The zero-order chi connectivity index (χ0) is 15.3. The number of nitrogens with one attached hydrogen (secondary N) is 1. The molecule has 112 valence electrons. The number of hydrogen-bond donors (Lipinski definition) is 1. The van der Waals surface area contributed by atoms with E-state index in [1.165, 1.54) is 23.5 Å². The van der Waals surface area contributed by atoms with Crippen LogP contribution in [0, 0.1) is 5.82 Å². The van der Waals surface area contributed by atoms with E-state index in [4.69, 9.17) is 0 Å². The molecule has 2 rings (SSSR count). The molecule has 0 aliphatic carbocycles. The topological polar surface area (TPSA) is 29.1 Å². The Morgan fingerprint density at radius 3 is 2.62 bits per heavy atom. The molecule has 0 fully saturated rings. The van der Waals surface area contributed by atoms with E-state index in [2.05, 4.69) is 19.2 Å². The number of halogens is 1. The van der Waals surface area contributed by atoms with Crippen LogP contribution in [-0.2, 0) is 5.75 Å². The Hall–Kier alpha value is -1.33. The van der Waals surface area contributed by atoms with Crippen LogP contribution in [0.15, 0.2) is 41.8 Å². The second kappa shape index (κ2) is 7.09. The van der Waals surface area contributed by atoms with Gasteiger partial charge in [-0.25, -0.2) is 4.39 Å². The van der Waals surface area contributed by atoms with Crippen molar-refractivity contribution in [1.29, 1.82) is 0 Å². The summed E-state index contributed by atoms with van der Waals surface area (Å²) in [5.74, 6) is 0.550. The Kier molecular flexibility index (Phi) is 5.42. The van der Waals surface area contributed by atoms with Crippen LogP contribution in [0.5, 0.6) is 0 Å². The van der Waals surface area contributed by atoms with E-state index in [-0.39, 0.29) is 16.5 Å². The number of carbonyl (C=O) groups is 1. The monoisotopic (exact) mass is 323 g/mol. The van der Waals surface area contributed by atoms with E-state index < -0.39 is 0 Å². The highest BCUT2D eigenvalue weighted by atomic mass is 32.2. The first-order valence-electron chi connectivity index (χ1n) is 6.66. The fraction of sp³-hybridized carbons (Fsp3) is 0.312. The summed E-state index contributed by atoms with van der Waals surface area (Å²) in [4.78, 5) is 12.6. The zero-order valence-corrected chi connectivity index (χ0v) is 13.7. The van der Waals surface area contributed by atoms with Gasteiger partial charge in [0.15, 0.2) is 0 Å². The predicted octanol–water partition coefficient (Wildman–Crippen LogP) is 4.33. The third kappa shape index (κ3) is 5.17. The third-order valence-electron chi connectivity index (χ3n) is 2.96. The normalized spacial score (nSPS) is 11.4. The molecular weight excluding hydrogens is 305 g/mol. The predicted molar refractivity (Wildman–Crippen MR) is 88.4 cm³/mol. The molecule has 5 heteroatoms. The Morgan fingerprint density at radius 1 is 1.29 bits per heavy atom. The first-order chi connectivity index (χ1) is 9.96. The molecule has 0 atom stereocenters. The maximum Gasteiger partial charge on any atom is 0.261 e. The summed E-state index contributed by atoms with van der Waals surface area (Å²) >= 11 is 3.18. The number of rotatable bonds is 6. The van der Waals surface area contributed by atoms with Crippen LogP contribution >= 0.6 is 23.1 Å². The van der Waals surface area contributed by atoms with Crippen molar-refractivity contribution < 1.29 is 9.18 Å². The van der Waals surface area contributed by atoms with Gasteiger partial charge < -0.3 is 5.32 Å². The highest BCUT2D eigenvalue weighted by Crippen LogP contribution is 2.27. The van der Waals surface area contributed by atoms with Crippen molar-refractivity contribution in [3.8, 4) is 0 Å². The molecule has 0 radical (unpaired) electrons. The summed E-state index contributed by atoms with van der Waals surface area (Å²) < 4.78 is 12.8. The molecule has 1 aromatic carbocycles. The van der Waals surface area contributed by atoms with Gasteiger partial charge in [-0.05, 0) is 43.0 Å². The van der Waals surface area contributed by atoms with Crippen molar-refractivity contribution in [1.82, 2.24) is 5.32 Å². The number of thiophene rings is 1. The second-order valence-corrected chi connectivity index (χ2v) is 7.97. The molecule has 1 amide bonds. The molecular formula is C16H18FNOS2. The van der Waals surface area contributed by atoms with Crippen molar-refractivity contribution in [3.05, 3.63) is 58.0 Å². The standard InChI is InChI=1S/C16H18FNOS2/c1-16(2,11-18-15(19)14-4-3-9-20-14)21-10-12-5-7-13(17)8-6-12/h3-9H,10-11H2,1-2H3,(H,18,19). The first-order valence-corrected chi connectivity index (χ1v) is 8.53. The average Bonchev–Trinajstić information content (AvgIpc) is 2.99. The van der Waals surface area contributed by atoms with Gasteiger partial charge in [0.05, 0.1) is 4.88 Å². The van der Waals surface area contributed by atoms with Gasteiger partial charge in [0.1, 0.15) is 5.82 Å². The van der Waals surface area contributed by atoms with Gasteiger partial charge in [-0.15, -0.1) is 23.1 Å². The van der Waals surface area contributed by atoms with E-state index in [9.17, 15) is 9.18 Å². The Bertz CT molecular complexity index is 579. The van der Waals surface area contributed by atoms with Crippen LogP contribution in [0.1, 0.15) is 29.1 Å². The highest BCUT2D eigenvalue weighted by molar-refractivity contribution is 7.99. The van der Waals surface area contributed by atoms with E-state index in [0.29, 0.717) is 6.54 Å². The summed E-state index contributed by atoms with van der Waals surface area (Å²) in [7, 11) is 0. The minimum Gasteiger partial charge on any atom is -0.350 e. The maximum absolute atomic E-state index is 12.9. The van der Waals surface area contributed by atoms with Gasteiger partial charge in [0.25, 0.3) is 5.91 Å². The lowest BCUT2D eigenvalue weighted by Gasteiger charge is -2.24. The molecule has 1 N–H and O–H groups in total. The summed E-state index contributed by atoms with van der Waals surface area (Å²) in [6.45, 7) is 4.78. The lowest BCUT2D eigenvalue weighted by molar-refractivity contribution is 0.0955. The van der Waals surface area contributed by atoms with Gasteiger partial charge in [0.2, 0.25) is 0 Å². The molecule has 0 unspecified atom stereocenters. The molecule has 0 aliphatic heterocycles. The van der Waals surface area contributed by atoms with Gasteiger partial charge >= 0.3 is 0 Å². The van der Waals surface area contributed by atoms with E-state index in [0.717, 1.165) is 16.2 Å². The van der Waals surface area contributed by atoms with E-state index >= 15 is 0 Å². The summed E-state index contributed by atoms with van der Waals surface area (Å²) in [5, 5.41) is 4.85. The van der Waals surface area contributed by atoms with Crippen molar-refractivity contribution in [2.24, 2.45) is 0 Å². The highest BCUT2D eigenvalue weighted by Gasteiger charge is 2.20. The average molecular weight is 323 g/mol. The van der Waals surface area contributed by atoms with Crippen LogP contribution in [0.4, 0.5) is 4.39 Å². The first kappa shape index (κ1) is 16.0.